The molecule has 2 fully saturated rings. The van der Waals surface area contributed by atoms with E-state index in [9.17, 15) is 9.59 Å². The Balaban J connectivity index is 0.00000242. The summed E-state index contributed by atoms with van der Waals surface area (Å²) in [4.78, 5) is 28.8. The van der Waals surface area contributed by atoms with Gasteiger partial charge in [-0.05, 0) is 24.7 Å². The molecule has 128 valence electrons. The van der Waals surface area contributed by atoms with Crippen LogP contribution in [0.5, 0.6) is 0 Å². The van der Waals surface area contributed by atoms with E-state index in [0.717, 1.165) is 19.3 Å². The molecule has 0 aromatic carbocycles. The molecule has 22 heavy (non-hydrogen) atoms. The highest BCUT2D eigenvalue weighted by Crippen LogP contribution is 2.30. The SMILES string of the molecule is CC(C)C(=O)N1CCCC1C(=O)N1CCC(N)C(C)(C)C1.Cl. The summed E-state index contributed by atoms with van der Waals surface area (Å²) in [5.41, 5.74) is 6.08. The lowest BCUT2D eigenvalue weighted by atomic mass is 9.79. The fourth-order valence-electron chi connectivity index (χ4n) is 3.39. The molecule has 0 spiro atoms. The summed E-state index contributed by atoms with van der Waals surface area (Å²) in [7, 11) is 0. The highest BCUT2D eigenvalue weighted by atomic mass is 35.5. The molecule has 2 N–H and O–H groups in total. The molecule has 2 aliphatic heterocycles. The van der Waals surface area contributed by atoms with E-state index in [0.29, 0.717) is 19.6 Å². The molecular weight excluding hydrogens is 302 g/mol. The molecule has 2 rings (SSSR count). The van der Waals surface area contributed by atoms with E-state index in [-0.39, 0.29) is 47.6 Å². The summed E-state index contributed by atoms with van der Waals surface area (Å²) in [6.07, 6.45) is 2.55. The van der Waals surface area contributed by atoms with Crippen LogP contribution in [0.15, 0.2) is 0 Å². The van der Waals surface area contributed by atoms with Gasteiger partial charge in [-0.2, -0.15) is 0 Å². The molecule has 0 bridgehead atoms. The summed E-state index contributed by atoms with van der Waals surface area (Å²) < 4.78 is 0. The predicted octanol–water partition coefficient (Wildman–Crippen LogP) is 1.64. The Labute approximate surface area is 140 Å². The lowest BCUT2D eigenvalue weighted by molar-refractivity contribution is -0.147. The highest BCUT2D eigenvalue weighted by Gasteiger charge is 2.41. The van der Waals surface area contributed by atoms with Crippen LogP contribution >= 0.6 is 12.4 Å². The van der Waals surface area contributed by atoms with Gasteiger partial charge in [0, 0.05) is 31.6 Å². The van der Waals surface area contributed by atoms with Gasteiger partial charge in [-0.1, -0.05) is 27.7 Å². The molecule has 0 radical (unpaired) electrons. The monoisotopic (exact) mass is 331 g/mol. The van der Waals surface area contributed by atoms with Crippen molar-refractivity contribution in [2.24, 2.45) is 17.1 Å². The predicted molar refractivity (Wildman–Crippen MR) is 89.8 cm³/mol. The van der Waals surface area contributed by atoms with Crippen LogP contribution in [-0.4, -0.2) is 53.3 Å². The second kappa shape index (κ2) is 7.18. The van der Waals surface area contributed by atoms with E-state index >= 15 is 0 Å². The number of rotatable bonds is 2. The van der Waals surface area contributed by atoms with E-state index in [1.165, 1.54) is 0 Å². The second-order valence-electron chi connectivity index (χ2n) is 7.49. The maximum Gasteiger partial charge on any atom is 0.245 e. The quantitative estimate of drug-likeness (QED) is 0.836. The number of piperidine rings is 1. The van der Waals surface area contributed by atoms with Crippen molar-refractivity contribution in [3.63, 3.8) is 0 Å². The normalized spacial score (nSPS) is 27.7. The molecule has 5 nitrogen and oxygen atoms in total. The van der Waals surface area contributed by atoms with E-state index in [4.69, 9.17) is 5.73 Å². The van der Waals surface area contributed by atoms with E-state index < -0.39 is 0 Å². The number of hydrogen-bond donors (Lipinski definition) is 1. The maximum atomic E-state index is 12.8. The third kappa shape index (κ3) is 3.74. The van der Waals surface area contributed by atoms with Crippen molar-refractivity contribution in [1.29, 1.82) is 0 Å². The highest BCUT2D eigenvalue weighted by molar-refractivity contribution is 5.89. The van der Waals surface area contributed by atoms with Crippen LogP contribution < -0.4 is 5.73 Å². The summed E-state index contributed by atoms with van der Waals surface area (Å²) in [5, 5.41) is 0. The minimum Gasteiger partial charge on any atom is -0.340 e. The average molecular weight is 332 g/mol. The van der Waals surface area contributed by atoms with Crippen LogP contribution in [0.2, 0.25) is 0 Å². The van der Waals surface area contributed by atoms with Gasteiger partial charge in [-0.15, -0.1) is 12.4 Å². The number of hydrogen-bond acceptors (Lipinski definition) is 3. The molecule has 6 heteroatoms. The van der Waals surface area contributed by atoms with Gasteiger partial charge in [-0.25, -0.2) is 0 Å². The maximum absolute atomic E-state index is 12.8. The third-order valence-electron chi connectivity index (χ3n) is 4.94. The molecule has 2 amide bonds. The van der Waals surface area contributed by atoms with Crippen LogP contribution in [0.3, 0.4) is 0 Å². The van der Waals surface area contributed by atoms with Crippen molar-refractivity contribution >= 4 is 24.2 Å². The van der Waals surface area contributed by atoms with Crippen LogP contribution in [-0.2, 0) is 9.59 Å². The number of carbonyl (C=O) groups is 2. The first kappa shape index (κ1) is 19.2. The van der Waals surface area contributed by atoms with Gasteiger partial charge in [0.15, 0.2) is 0 Å². The largest absolute Gasteiger partial charge is 0.340 e. The first-order chi connectivity index (χ1) is 9.74. The number of halogens is 1. The van der Waals surface area contributed by atoms with Gasteiger partial charge in [0.1, 0.15) is 6.04 Å². The number of carbonyl (C=O) groups excluding carboxylic acids is 2. The first-order valence-corrected chi connectivity index (χ1v) is 8.09. The zero-order chi connectivity index (χ0) is 15.8. The van der Waals surface area contributed by atoms with Crippen molar-refractivity contribution < 1.29 is 9.59 Å². The van der Waals surface area contributed by atoms with Crippen LogP contribution in [0, 0.1) is 11.3 Å². The molecular formula is C16H30ClN3O2. The van der Waals surface area contributed by atoms with Crippen molar-refractivity contribution in [2.75, 3.05) is 19.6 Å². The van der Waals surface area contributed by atoms with Crippen molar-refractivity contribution in [3.05, 3.63) is 0 Å². The van der Waals surface area contributed by atoms with Gasteiger partial charge >= 0.3 is 0 Å². The fraction of sp³-hybridized carbons (Fsp3) is 0.875. The molecule has 2 atom stereocenters. The molecule has 0 aromatic rings. The summed E-state index contributed by atoms with van der Waals surface area (Å²) in [5.74, 6) is 0.157. The number of likely N-dealkylation sites (tertiary alicyclic amines) is 2. The Morgan fingerprint density at radius 3 is 2.36 bits per heavy atom. The minimum atomic E-state index is -0.259. The summed E-state index contributed by atoms with van der Waals surface area (Å²) in [6, 6.07) is -0.122. The molecule has 0 saturated carbocycles. The second-order valence-corrected chi connectivity index (χ2v) is 7.49. The average Bonchev–Trinajstić information content (AvgIpc) is 2.89. The lowest BCUT2D eigenvalue weighted by Crippen LogP contribution is -2.57. The minimum absolute atomic E-state index is 0. The fourth-order valence-corrected chi connectivity index (χ4v) is 3.39. The van der Waals surface area contributed by atoms with Crippen molar-refractivity contribution in [2.45, 2.75) is 59.0 Å². The lowest BCUT2D eigenvalue weighted by Gasteiger charge is -2.44. The Bertz CT molecular complexity index is 426. The van der Waals surface area contributed by atoms with Crippen LogP contribution in [0.4, 0.5) is 0 Å². The first-order valence-electron chi connectivity index (χ1n) is 8.09. The number of amides is 2. The van der Waals surface area contributed by atoms with Gasteiger partial charge < -0.3 is 15.5 Å². The van der Waals surface area contributed by atoms with Gasteiger partial charge in [0.2, 0.25) is 11.8 Å². The smallest absolute Gasteiger partial charge is 0.245 e. The molecule has 2 unspecified atom stereocenters. The van der Waals surface area contributed by atoms with Crippen molar-refractivity contribution in [1.82, 2.24) is 9.80 Å². The third-order valence-corrected chi connectivity index (χ3v) is 4.94. The molecule has 0 aromatic heterocycles. The Morgan fingerprint density at radius 1 is 1.18 bits per heavy atom. The molecule has 2 heterocycles. The van der Waals surface area contributed by atoms with E-state index in [1.54, 1.807) is 4.90 Å². The standard InChI is InChI=1S/C16H29N3O2.ClH/c1-11(2)14(20)19-8-5-6-12(19)15(21)18-9-7-13(17)16(3,4)10-18;/h11-13H,5-10,17H2,1-4H3;1H. The van der Waals surface area contributed by atoms with Gasteiger partial charge in [0.05, 0.1) is 0 Å². The molecule has 2 saturated heterocycles. The zero-order valence-corrected chi connectivity index (χ0v) is 15.0. The van der Waals surface area contributed by atoms with Crippen molar-refractivity contribution in [3.8, 4) is 0 Å². The number of nitrogens with zero attached hydrogens (tertiary/aromatic N) is 2. The Morgan fingerprint density at radius 2 is 1.82 bits per heavy atom. The summed E-state index contributed by atoms with van der Waals surface area (Å²) >= 11 is 0. The number of nitrogens with two attached hydrogens (primary N) is 1. The Kier molecular flexibility index (Phi) is 6.27. The van der Waals surface area contributed by atoms with E-state index in [1.807, 2.05) is 18.7 Å². The summed E-state index contributed by atoms with van der Waals surface area (Å²) in [6.45, 7) is 10.1. The van der Waals surface area contributed by atoms with Crippen LogP contribution in [0.1, 0.15) is 47.0 Å². The molecule has 0 aliphatic carbocycles. The van der Waals surface area contributed by atoms with E-state index in [2.05, 4.69) is 13.8 Å². The topological polar surface area (TPSA) is 66.6 Å². The molecule has 2 aliphatic rings. The van der Waals surface area contributed by atoms with Gasteiger partial charge in [-0.3, -0.25) is 9.59 Å². The van der Waals surface area contributed by atoms with Crippen LogP contribution in [0.25, 0.3) is 0 Å². The van der Waals surface area contributed by atoms with Gasteiger partial charge in [0.25, 0.3) is 0 Å². The Hall–Kier alpha value is -0.810. The zero-order valence-electron chi connectivity index (χ0n) is 14.2.